The summed E-state index contributed by atoms with van der Waals surface area (Å²) in [5.41, 5.74) is 1.58. The third-order valence-electron chi connectivity index (χ3n) is 5.23. The van der Waals surface area contributed by atoms with E-state index in [0.29, 0.717) is 23.5 Å². The molecule has 2 aliphatic rings. The van der Waals surface area contributed by atoms with Crippen LogP contribution in [0, 0.1) is 17.3 Å². The summed E-state index contributed by atoms with van der Waals surface area (Å²) in [5, 5.41) is 0. The molecule has 0 aliphatic heterocycles. The second-order valence-electron chi connectivity index (χ2n) is 7.05. The van der Waals surface area contributed by atoms with Crippen molar-refractivity contribution in [1.82, 2.24) is 0 Å². The van der Waals surface area contributed by atoms with Crippen molar-refractivity contribution in [2.75, 3.05) is 0 Å². The van der Waals surface area contributed by atoms with E-state index >= 15 is 0 Å². The minimum atomic E-state index is 0.221. The number of Topliss-reactive ketones (excluding diaryl/α,β-unsaturated/α-hetero) is 1. The Morgan fingerprint density at radius 3 is 2.58 bits per heavy atom. The highest BCUT2D eigenvalue weighted by molar-refractivity contribution is 5.87. The topological polar surface area (TPSA) is 17.1 Å². The highest BCUT2D eigenvalue weighted by atomic mass is 16.1. The summed E-state index contributed by atoms with van der Waals surface area (Å²) in [6.07, 6.45) is 5.94. The molecule has 0 spiro atoms. The lowest BCUT2D eigenvalue weighted by Crippen LogP contribution is -2.35. The summed E-state index contributed by atoms with van der Waals surface area (Å²) >= 11 is 0. The van der Waals surface area contributed by atoms with Gasteiger partial charge in [-0.25, -0.2) is 0 Å². The zero-order valence-electron chi connectivity index (χ0n) is 12.1. The van der Waals surface area contributed by atoms with Gasteiger partial charge in [0.25, 0.3) is 0 Å². The Morgan fingerprint density at radius 1 is 1.16 bits per heavy atom. The van der Waals surface area contributed by atoms with Crippen molar-refractivity contribution >= 4 is 5.78 Å². The van der Waals surface area contributed by atoms with E-state index in [1.807, 2.05) is 6.07 Å². The van der Waals surface area contributed by atoms with E-state index in [1.165, 1.54) is 24.8 Å². The van der Waals surface area contributed by atoms with Gasteiger partial charge in [0, 0.05) is 11.8 Å². The van der Waals surface area contributed by atoms with Crippen molar-refractivity contribution < 1.29 is 4.79 Å². The molecular formula is C18H24O. The Kier molecular flexibility index (Phi) is 3.24. The number of rotatable bonds is 3. The van der Waals surface area contributed by atoms with Gasteiger partial charge in [0.1, 0.15) is 5.78 Å². The van der Waals surface area contributed by atoms with Gasteiger partial charge in [-0.15, -0.1) is 0 Å². The lowest BCUT2D eigenvalue weighted by molar-refractivity contribution is -0.129. The van der Waals surface area contributed by atoms with E-state index in [-0.39, 0.29) is 5.41 Å². The van der Waals surface area contributed by atoms with E-state index in [0.717, 1.165) is 12.8 Å². The second kappa shape index (κ2) is 4.77. The molecule has 1 heteroatoms. The van der Waals surface area contributed by atoms with Crippen molar-refractivity contribution in [3.63, 3.8) is 0 Å². The molecule has 0 bridgehead atoms. The van der Waals surface area contributed by atoms with E-state index in [1.54, 1.807) is 0 Å². The first kappa shape index (κ1) is 12.9. The van der Waals surface area contributed by atoms with Gasteiger partial charge in [-0.05, 0) is 36.2 Å². The van der Waals surface area contributed by atoms with E-state index in [4.69, 9.17) is 0 Å². The van der Waals surface area contributed by atoms with Crippen LogP contribution in [0.1, 0.15) is 57.4 Å². The van der Waals surface area contributed by atoms with Crippen molar-refractivity contribution in [2.45, 2.75) is 51.9 Å². The maximum Gasteiger partial charge on any atom is 0.140 e. The fraction of sp³-hybridized carbons (Fsp3) is 0.611. The van der Waals surface area contributed by atoms with E-state index in [2.05, 4.69) is 38.1 Å². The quantitative estimate of drug-likeness (QED) is 0.774. The minimum absolute atomic E-state index is 0.221. The van der Waals surface area contributed by atoms with Gasteiger partial charge in [0.05, 0.1) is 0 Å². The summed E-state index contributed by atoms with van der Waals surface area (Å²) in [5.74, 6) is 1.68. The third-order valence-corrected chi connectivity index (χ3v) is 5.23. The number of hydrogen-bond donors (Lipinski definition) is 0. The summed E-state index contributed by atoms with van der Waals surface area (Å²) < 4.78 is 0. The zero-order chi connectivity index (χ0) is 13.5. The normalized spacial score (nSPS) is 32.8. The Hall–Kier alpha value is -1.11. The summed E-state index contributed by atoms with van der Waals surface area (Å²) in [6, 6.07) is 10.6. The van der Waals surface area contributed by atoms with E-state index < -0.39 is 0 Å². The number of hydrogen-bond acceptors (Lipinski definition) is 1. The number of ketones is 1. The lowest BCUT2D eigenvalue weighted by Gasteiger charge is -2.37. The number of carbonyl (C=O) groups is 1. The predicted octanol–water partition coefficient (Wildman–Crippen LogP) is 4.58. The molecule has 2 fully saturated rings. The first-order valence-corrected chi connectivity index (χ1v) is 7.68. The second-order valence-corrected chi connectivity index (χ2v) is 7.05. The average Bonchev–Trinajstić information content (AvgIpc) is 3.19. The molecule has 3 rings (SSSR count). The van der Waals surface area contributed by atoms with Crippen LogP contribution in [0.2, 0.25) is 0 Å². The maximum absolute atomic E-state index is 12.8. The molecule has 0 saturated heterocycles. The molecule has 0 heterocycles. The molecule has 0 radical (unpaired) electrons. The van der Waals surface area contributed by atoms with Crippen LogP contribution in [0.15, 0.2) is 30.3 Å². The molecule has 2 saturated carbocycles. The molecule has 0 N–H and O–H groups in total. The Labute approximate surface area is 116 Å². The summed E-state index contributed by atoms with van der Waals surface area (Å²) in [6.45, 7) is 4.57. The number of carbonyl (C=O) groups excluding carboxylic acids is 1. The zero-order valence-corrected chi connectivity index (χ0v) is 12.1. The van der Waals surface area contributed by atoms with Gasteiger partial charge in [0.2, 0.25) is 0 Å². The van der Waals surface area contributed by atoms with E-state index in [9.17, 15) is 4.79 Å². The van der Waals surface area contributed by atoms with Crippen LogP contribution < -0.4 is 0 Å². The largest absolute Gasteiger partial charge is 0.299 e. The van der Waals surface area contributed by atoms with Crippen LogP contribution >= 0.6 is 0 Å². The summed E-state index contributed by atoms with van der Waals surface area (Å²) in [4.78, 5) is 12.8. The first-order chi connectivity index (χ1) is 9.09. The lowest BCUT2D eigenvalue weighted by atomic mass is 9.66. The number of benzene rings is 1. The smallest absolute Gasteiger partial charge is 0.140 e. The predicted molar refractivity (Wildman–Crippen MR) is 78.0 cm³/mol. The molecule has 0 aromatic heterocycles. The van der Waals surface area contributed by atoms with Crippen LogP contribution in [0.3, 0.4) is 0 Å². The van der Waals surface area contributed by atoms with Crippen molar-refractivity contribution in [3.05, 3.63) is 35.9 Å². The molecule has 1 aromatic carbocycles. The molecule has 1 aromatic rings. The molecule has 0 amide bonds. The van der Waals surface area contributed by atoms with Crippen molar-refractivity contribution in [2.24, 2.45) is 17.3 Å². The SMILES string of the molecule is CC1(C)CCCCC1C(=O)C1CC1c1ccccc1. The highest BCUT2D eigenvalue weighted by Gasteiger charge is 2.49. The highest BCUT2D eigenvalue weighted by Crippen LogP contribution is 2.52. The van der Waals surface area contributed by atoms with Crippen molar-refractivity contribution in [1.29, 1.82) is 0 Å². The average molecular weight is 256 g/mol. The Balaban J connectivity index is 1.70. The van der Waals surface area contributed by atoms with Gasteiger partial charge in [-0.2, -0.15) is 0 Å². The van der Waals surface area contributed by atoms with Crippen LogP contribution in [0.4, 0.5) is 0 Å². The van der Waals surface area contributed by atoms with Crippen LogP contribution in [-0.4, -0.2) is 5.78 Å². The Morgan fingerprint density at radius 2 is 1.89 bits per heavy atom. The molecular weight excluding hydrogens is 232 g/mol. The van der Waals surface area contributed by atoms with Gasteiger partial charge in [-0.1, -0.05) is 57.0 Å². The van der Waals surface area contributed by atoms with Crippen molar-refractivity contribution in [3.8, 4) is 0 Å². The molecule has 102 valence electrons. The molecule has 1 nitrogen and oxygen atoms in total. The maximum atomic E-state index is 12.8. The first-order valence-electron chi connectivity index (χ1n) is 7.68. The molecule has 2 aliphatic carbocycles. The monoisotopic (exact) mass is 256 g/mol. The molecule has 19 heavy (non-hydrogen) atoms. The van der Waals surface area contributed by atoms with Gasteiger partial charge >= 0.3 is 0 Å². The Bertz CT molecular complexity index is 460. The standard InChI is InChI=1S/C18H24O/c1-18(2)11-7-6-10-16(18)17(19)15-12-14(15)13-8-4-3-5-9-13/h3-5,8-9,14-16H,6-7,10-12H2,1-2H3. The third kappa shape index (κ3) is 2.48. The van der Waals surface area contributed by atoms with Gasteiger partial charge in [0.15, 0.2) is 0 Å². The van der Waals surface area contributed by atoms with Gasteiger partial charge < -0.3 is 0 Å². The molecule has 3 unspecified atom stereocenters. The minimum Gasteiger partial charge on any atom is -0.299 e. The van der Waals surface area contributed by atoms with Crippen LogP contribution in [0.25, 0.3) is 0 Å². The van der Waals surface area contributed by atoms with Gasteiger partial charge in [-0.3, -0.25) is 4.79 Å². The summed E-state index contributed by atoms with van der Waals surface area (Å²) in [7, 11) is 0. The van der Waals surface area contributed by atoms with Crippen LogP contribution in [-0.2, 0) is 4.79 Å². The fourth-order valence-corrected chi connectivity index (χ4v) is 3.86. The van der Waals surface area contributed by atoms with Crippen LogP contribution in [0.5, 0.6) is 0 Å². The molecule has 3 atom stereocenters. The fourth-order valence-electron chi connectivity index (χ4n) is 3.86.